The van der Waals surface area contributed by atoms with Crippen LogP contribution in [0.4, 0.5) is 5.69 Å². The Hall–Kier alpha value is -2.51. The molecule has 2 N–H and O–H groups in total. The van der Waals surface area contributed by atoms with Crippen molar-refractivity contribution in [3.05, 3.63) is 64.2 Å². The predicted octanol–water partition coefficient (Wildman–Crippen LogP) is 3.07. The maximum absolute atomic E-state index is 12.4. The van der Waals surface area contributed by atoms with Gasteiger partial charge in [0.25, 0.3) is 5.91 Å². The average molecular weight is 300 g/mol. The first-order valence-electron chi connectivity index (χ1n) is 6.31. The summed E-state index contributed by atoms with van der Waals surface area (Å²) in [7, 11) is 1.69. The summed E-state index contributed by atoms with van der Waals surface area (Å²) < 4.78 is 0. The maximum Gasteiger partial charge on any atom is 0.255 e. The van der Waals surface area contributed by atoms with Crippen LogP contribution in [0.25, 0.3) is 0 Å². The second-order valence-electron chi connectivity index (χ2n) is 4.70. The molecule has 0 heterocycles. The van der Waals surface area contributed by atoms with Crippen molar-refractivity contribution in [2.75, 3.05) is 12.8 Å². The highest BCUT2D eigenvalue weighted by Gasteiger charge is 2.15. The van der Waals surface area contributed by atoms with Crippen LogP contribution in [0.3, 0.4) is 0 Å². The van der Waals surface area contributed by atoms with E-state index in [0.29, 0.717) is 28.4 Å². The number of anilines is 1. The highest BCUT2D eigenvalue weighted by atomic mass is 35.5. The Morgan fingerprint density at radius 1 is 1.33 bits per heavy atom. The van der Waals surface area contributed by atoms with Crippen LogP contribution in [-0.2, 0) is 6.54 Å². The number of carbonyl (C=O) groups is 1. The third kappa shape index (κ3) is 3.53. The van der Waals surface area contributed by atoms with Gasteiger partial charge in [-0.25, -0.2) is 0 Å². The number of nitrogens with zero attached hydrogens (tertiary/aromatic N) is 2. The molecule has 2 aromatic rings. The Morgan fingerprint density at radius 3 is 2.76 bits per heavy atom. The van der Waals surface area contributed by atoms with Gasteiger partial charge in [0.15, 0.2) is 0 Å². The summed E-state index contributed by atoms with van der Waals surface area (Å²) in [6, 6.07) is 14.0. The molecule has 0 unspecified atom stereocenters. The predicted molar refractivity (Wildman–Crippen MR) is 82.8 cm³/mol. The number of benzene rings is 2. The Labute approximate surface area is 128 Å². The number of rotatable bonds is 3. The Morgan fingerprint density at radius 2 is 2.10 bits per heavy atom. The fourth-order valence-corrected chi connectivity index (χ4v) is 2.20. The number of nitriles is 1. The smallest absolute Gasteiger partial charge is 0.255 e. The topological polar surface area (TPSA) is 70.1 Å². The maximum atomic E-state index is 12.4. The molecule has 4 nitrogen and oxygen atoms in total. The van der Waals surface area contributed by atoms with Crippen LogP contribution >= 0.6 is 11.6 Å². The van der Waals surface area contributed by atoms with E-state index in [4.69, 9.17) is 22.6 Å². The van der Waals surface area contributed by atoms with Gasteiger partial charge in [0, 0.05) is 24.3 Å². The van der Waals surface area contributed by atoms with Gasteiger partial charge in [-0.15, -0.1) is 0 Å². The summed E-state index contributed by atoms with van der Waals surface area (Å²) in [5.41, 5.74) is 8.05. The lowest BCUT2D eigenvalue weighted by Crippen LogP contribution is -2.27. The zero-order valence-corrected chi connectivity index (χ0v) is 12.3. The quantitative estimate of drug-likeness (QED) is 0.885. The van der Waals surface area contributed by atoms with E-state index in [1.165, 1.54) is 0 Å². The van der Waals surface area contributed by atoms with Crippen molar-refractivity contribution < 1.29 is 4.79 Å². The van der Waals surface area contributed by atoms with Crippen LogP contribution in [0, 0.1) is 11.3 Å². The van der Waals surface area contributed by atoms with E-state index < -0.39 is 0 Å². The van der Waals surface area contributed by atoms with E-state index in [9.17, 15) is 4.79 Å². The van der Waals surface area contributed by atoms with Crippen LogP contribution in [0.5, 0.6) is 0 Å². The van der Waals surface area contributed by atoms with E-state index in [-0.39, 0.29) is 5.91 Å². The summed E-state index contributed by atoms with van der Waals surface area (Å²) in [6.07, 6.45) is 0. The SMILES string of the molecule is CN(Cc1cccc(C#N)c1)C(=O)c1ccc(Cl)cc1N. The summed E-state index contributed by atoms with van der Waals surface area (Å²) in [6.45, 7) is 0.399. The minimum Gasteiger partial charge on any atom is -0.398 e. The van der Waals surface area contributed by atoms with Crippen LogP contribution in [0.15, 0.2) is 42.5 Å². The van der Waals surface area contributed by atoms with Crippen molar-refractivity contribution in [1.82, 2.24) is 4.90 Å². The fourth-order valence-electron chi connectivity index (χ4n) is 2.02. The average Bonchev–Trinajstić information content (AvgIpc) is 2.46. The fraction of sp³-hybridized carbons (Fsp3) is 0.125. The summed E-state index contributed by atoms with van der Waals surface area (Å²) in [5, 5.41) is 9.38. The molecule has 0 aliphatic carbocycles. The number of carbonyl (C=O) groups excluding carboxylic acids is 1. The van der Waals surface area contributed by atoms with Crippen molar-refractivity contribution in [2.24, 2.45) is 0 Å². The first-order valence-corrected chi connectivity index (χ1v) is 6.68. The molecule has 0 saturated heterocycles. The largest absolute Gasteiger partial charge is 0.398 e. The van der Waals surface area contributed by atoms with Gasteiger partial charge < -0.3 is 10.6 Å². The third-order valence-corrected chi connectivity index (χ3v) is 3.30. The third-order valence-electron chi connectivity index (χ3n) is 3.07. The molecule has 0 spiro atoms. The Kier molecular flexibility index (Phi) is 4.46. The Balaban J connectivity index is 2.17. The molecule has 0 fully saturated rings. The normalized spacial score (nSPS) is 9.95. The second kappa shape index (κ2) is 6.29. The Bertz CT molecular complexity index is 722. The van der Waals surface area contributed by atoms with Crippen molar-refractivity contribution in [1.29, 1.82) is 5.26 Å². The van der Waals surface area contributed by atoms with Gasteiger partial charge in [-0.1, -0.05) is 23.7 Å². The molecule has 0 aromatic heterocycles. The van der Waals surface area contributed by atoms with Gasteiger partial charge in [-0.05, 0) is 35.9 Å². The van der Waals surface area contributed by atoms with Crippen molar-refractivity contribution in [3.8, 4) is 6.07 Å². The van der Waals surface area contributed by atoms with Gasteiger partial charge in [0.05, 0.1) is 17.2 Å². The van der Waals surface area contributed by atoms with Gasteiger partial charge in [0.2, 0.25) is 0 Å². The molecule has 2 rings (SSSR count). The second-order valence-corrected chi connectivity index (χ2v) is 5.14. The van der Waals surface area contributed by atoms with Crippen molar-refractivity contribution in [3.63, 3.8) is 0 Å². The van der Waals surface area contributed by atoms with E-state index in [1.54, 1.807) is 48.3 Å². The lowest BCUT2D eigenvalue weighted by Gasteiger charge is -2.18. The molecule has 0 bridgehead atoms. The molecule has 0 atom stereocenters. The molecule has 0 saturated carbocycles. The first kappa shape index (κ1) is 14.9. The summed E-state index contributed by atoms with van der Waals surface area (Å²) >= 11 is 5.83. The molecule has 106 valence electrons. The van der Waals surface area contributed by atoms with Gasteiger partial charge in [-0.3, -0.25) is 4.79 Å². The number of nitrogens with two attached hydrogens (primary N) is 1. The number of halogens is 1. The van der Waals surface area contributed by atoms with E-state index in [2.05, 4.69) is 6.07 Å². The molecule has 0 aliphatic heterocycles. The van der Waals surface area contributed by atoms with Crippen molar-refractivity contribution >= 4 is 23.2 Å². The molecule has 21 heavy (non-hydrogen) atoms. The summed E-state index contributed by atoms with van der Waals surface area (Å²) in [5.74, 6) is -0.188. The van der Waals surface area contributed by atoms with E-state index in [1.807, 2.05) is 6.07 Å². The first-order chi connectivity index (χ1) is 10.0. The molecule has 0 radical (unpaired) electrons. The molecule has 2 aromatic carbocycles. The van der Waals surface area contributed by atoms with E-state index in [0.717, 1.165) is 5.56 Å². The van der Waals surface area contributed by atoms with Crippen LogP contribution in [-0.4, -0.2) is 17.9 Å². The highest BCUT2D eigenvalue weighted by Crippen LogP contribution is 2.20. The lowest BCUT2D eigenvalue weighted by molar-refractivity contribution is 0.0786. The minimum absolute atomic E-state index is 0.188. The lowest BCUT2D eigenvalue weighted by atomic mass is 10.1. The number of amides is 1. The standard InChI is InChI=1S/C16H14ClN3O/c1-20(10-12-4-2-3-11(7-12)9-18)16(21)14-6-5-13(17)8-15(14)19/h2-8H,10,19H2,1H3. The highest BCUT2D eigenvalue weighted by molar-refractivity contribution is 6.31. The van der Waals surface area contributed by atoms with Gasteiger partial charge in [-0.2, -0.15) is 5.26 Å². The van der Waals surface area contributed by atoms with E-state index >= 15 is 0 Å². The van der Waals surface area contributed by atoms with Crippen LogP contribution in [0.2, 0.25) is 5.02 Å². The monoisotopic (exact) mass is 299 g/mol. The molecule has 0 aliphatic rings. The number of hydrogen-bond acceptors (Lipinski definition) is 3. The summed E-state index contributed by atoms with van der Waals surface area (Å²) in [4.78, 5) is 13.9. The molecular formula is C16H14ClN3O. The zero-order chi connectivity index (χ0) is 15.4. The van der Waals surface area contributed by atoms with Gasteiger partial charge in [0.1, 0.15) is 0 Å². The number of hydrogen-bond donors (Lipinski definition) is 1. The molecule has 1 amide bonds. The van der Waals surface area contributed by atoms with Crippen molar-refractivity contribution in [2.45, 2.75) is 6.54 Å². The van der Waals surface area contributed by atoms with Crippen LogP contribution in [0.1, 0.15) is 21.5 Å². The zero-order valence-electron chi connectivity index (χ0n) is 11.5. The minimum atomic E-state index is -0.188. The van der Waals surface area contributed by atoms with Gasteiger partial charge >= 0.3 is 0 Å². The molecular weight excluding hydrogens is 286 g/mol. The van der Waals surface area contributed by atoms with Crippen LogP contribution < -0.4 is 5.73 Å². The molecule has 5 heteroatoms. The number of nitrogen functional groups attached to an aromatic ring is 1.